The van der Waals surface area contributed by atoms with Crippen LogP contribution in [0.5, 0.6) is 0 Å². The number of likely N-dealkylation sites (N-methyl/N-ethyl adjacent to an activating group) is 1. The van der Waals surface area contributed by atoms with E-state index < -0.39 is 0 Å². The molecular weight excluding hydrogens is 739 g/mol. The van der Waals surface area contributed by atoms with Gasteiger partial charge in [-0.2, -0.15) is 0 Å². The van der Waals surface area contributed by atoms with Crippen LogP contribution in [0, 0.1) is 0 Å². The molecular formula is C59H121NO. The van der Waals surface area contributed by atoms with E-state index in [9.17, 15) is 5.11 Å². The summed E-state index contributed by atoms with van der Waals surface area (Å²) in [4.78, 5) is 2.76. The molecule has 0 heterocycles. The smallest absolute Gasteiger partial charge is 0.0558 e. The number of aliphatic hydroxyl groups excluding tert-OH is 1. The second-order valence-electron chi connectivity index (χ2n) is 20.7. The zero-order valence-corrected chi connectivity index (χ0v) is 43.6. The molecule has 0 spiro atoms. The molecule has 0 saturated heterocycles. The number of nitrogens with zero attached hydrogens (tertiary/aromatic N) is 1. The van der Waals surface area contributed by atoms with Crippen LogP contribution in [-0.4, -0.2) is 35.2 Å². The molecule has 61 heavy (non-hydrogen) atoms. The highest BCUT2D eigenvalue weighted by Gasteiger charge is 2.34. The van der Waals surface area contributed by atoms with Crippen molar-refractivity contribution < 1.29 is 5.11 Å². The van der Waals surface area contributed by atoms with Crippen LogP contribution < -0.4 is 0 Å². The Balaban J connectivity index is 4.64. The van der Waals surface area contributed by atoms with Crippen LogP contribution in [0.25, 0.3) is 0 Å². The van der Waals surface area contributed by atoms with E-state index in [0.717, 1.165) is 13.1 Å². The van der Waals surface area contributed by atoms with Gasteiger partial charge in [0.1, 0.15) is 0 Å². The van der Waals surface area contributed by atoms with Crippen molar-refractivity contribution in [2.24, 2.45) is 0 Å². The summed E-state index contributed by atoms with van der Waals surface area (Å²) in [6, 6.07) is 0. The summed E-state index contributed by atoms with van der Waals surface area (Å²) in [6.45, 7) is 11.6. The Morgan fingerprint density at radius 1 is 0.246 bits per heavy atom. The van der Waals surface area contributed by atoms with Crippen molar-refractivity contribution in [3.05, 3.63) is 0 Å². The molecule has 0 bridgehead atoms. The topological polar surface area (TPSA) is 23.5 Å². The highest BCUT2D eigenvalue weighted by molar-refractivity contribution is 4.90. The molecule has 0 fully saturated rings. The highest BCUT2D eigenvalue weighted by Crippen LogP contribution is 2.35. The number of unbranched alkanes of at least 4 members (excludes halogenated alkanes) is 45. The Kier molecular flexibility index (Phi) is 52.5. The minimum absolute atomic E-state index is 0.305. The van der Waals surface area contributed by atoms with Crippen molar-refractivity contribution in [1.82, 2.24) is 4.90 Å². The van der Waals surface area contributed by atoms with Gasteiger partial charge < -0.3 is 5.11 Å². The zero-order valence-electron chi connectivity index (χ0n) is 43.6. The first-order valence-electron chi connectivity index (χ1n) is 29.6. The summed E-state index contributed by atoms with van der Waals surface area (Å²) in [5.41, 5.74) is 0.305. The van der Waals surface area contributed by atoms with Gasteiger partial charge in [-0.15, -0.1) is 0 Å². The SMILES string of the molecule is CCCCCCCCCCCCCCCCCCC(CCCCCCCCCCCCCCCCCC)(CCCCCCCCCCCCCCCCCC)N(CC)CCO. The van der Waals surface area contributed by atoms with Crippen molar-refractivity contribution in [1.29, 1.82) is 0 Å². The number of β-amino-alcohol motifs (C(OH)–C–C–N with tert-alkyl or cyclic N) is 1. The maximum Gasteiger partial charge on any atom is 0.0558 e. The molecule has 2 nitrogen and oxygen atoms in total. The van der Waals surface area contributed by atoms with Gasteiger partial charge in [-0.1, -0.05) is 336 Å². The zero-order chi connectivity index (χ0) is 44.3. The number of hydrogen-bond donors (Lipinski definition) is 1. The molecule has 368 valence electrons. The lowest BCUT2D eigenvalue weighted by atomic mass is 9.80. The third-order valence-electron chi connectivity index (χ3n) is 14.9. The molecule has 0 radical (unpaired) electrons. The maximum atomic E-state index is 10.2. The summed E-state index contributed by atoms with van der Waals surface area (Å²) in [5.74, 6) is 0. The fourth-order valence-electron chi connectivity index (χ4n) is 10.7. The molecule has 0 saturated carbocycles. The van der Waals surface area contributed by atoms with Gasteiger partial charge in [-0.25, -0.2) is 0 Å². The minimum atomic E-state index is 0.305. The van der Waals surface area contributed by atoms with Gasteiger partial charge in [0.2, 0.25) is 0 Å². The summed E-state index contributed by atoms with van der Waals surface area (Å²) < 4.78 is 0. The normalized spacial score (nSPS) is 12.1. The molecule has 0 unspecified atom stereocenters. The van der Waals surface area contributed by atoms with Crippen LogP contribution in [0.1, 0.15) is 355 Å². The fraction of sp³-hybridized carbons (Fsp3) is 1.00. The van der Waals surface area contributed by atoms with E-state index >= 15 is 0 Å². The van der Waals surface area contributed by atoms with Gasteiger partial charge >= 0.3 is 0 Å². The molecule has 0 aromatic rings. The van der Waals surface area contributed by atoms with Crippen LogP contribution in [0.3, 0.4) is 0 Å². The molecule has 0 aliphatic carbocycles. The van der Waals surface area contributed by atoms with Crippen LogP contribution in [0.2, 0.25) is 0 Å². The van der Waals surface area contributed by atoms with Gasteiger partial charge in [0, 0.05) is 12.1 Å². The first-order valence-corrected chi connectivity index (χ1v) is 29.6. The molecule has 0 aliphatic rings. The number of rotatable bonds is 55. The number of hydrogen-bond acceptors (Lipinski definition) is 2. The molecule has 0 atom stereocenters. The highest BCUT2D eigenvalue weighted by atomic mass is 16.3. The first kappa shape index (κ1) is 60.9. The lowest BCUT2D eigenvalue weighted by Crippen LogP contribution is -2.50. The molecule has 0 aromatic heterocycles. The second kappa shape index (κ2) is 52.5. The van der Waals surface area contributed by atoms with Gasteiger partial charge in [0.15, 0.2) is 0 Å². The maximum absolute atomic E-state index is 10.2. The molecule has 0 aliphatic heterocycles. The Morgan fingerprint density at radius 2 is 0.410 bits per heavy atom. The van der Waals surface area contributed by atoms with E-state index in [1.54, 1.807) is 0 Å². The Morgan fingerprint density at radius 3 is 0.557 bits per heavy atom. The third kappa shape index (κ3) is 43.6. The Bertz CT molecular complexity index is 677. The summed E-state index contributed by atoms with van der Waals surface area (Å²) in [7, 11) is 0. The first-order chi connectivity index (χ1) is 30.2. The van der Waals surface area contributed by atoms with Crippen molar-refractivity contribution >= 4 is 0 Å². The average Bonchev–Trinajstić information content (AvgIpc) is 3.27. The second-order valence-corrected chi connectivity index (χ2v) is 20.7. The van der Waals surface area contributed by atoms with Crippen LogP contribution in [-0.2, 0) is 0 Å². The van der Waals surface area contributed by atoms with Crippen LogP contribution in [0.4, 0.5) is 0 Å². The fourth-order valence-corrected chi connectivity index (χ4v) is 10.7. The van der Waals surface area contributed by atoms with Crippen molar-refractivity contribution in [2.75, 3.05) is 19.7 Å². The van der Waals surface area contributed by atoms with Crippen molar-refractivity contribution in [2.45, 2.75) is 361 Å². The van der Waals surface area contributed by atoms with Gasteiger partial charge in [-0.3, -0.25) is 4.90 Å². The minimum Gasteiger partial charge on any atom is -0.395 e. The monoisotopic (exact) mass is 860 g/mol. The predicted molar refractivity (Wildman–Crippen MR) is 280 cm³/mol. The van der Waals surface area contributed by atoms with Gasteiger partial charge in [0.25, 0.3) is 0 Å². The predicted octanol–water partition coefficient (Wildman–Crippen LogP) is 21.0. The lowest BCUT2D eigenvalue weighted by molar-refractivity contribution is 0.0420. The number of aliphatic hydroxyl groups is 1. The van der Waals surface area contributed by atoms with Gasteiger partial charge in [0.05, 0.1) is 6.61 Å². The van der Waals surface area contributed by atoms with Gasteiger partial charge in [-0.05, 0) is 25.8 Å². The van der Waals surface area contributed by atoms with Crippen molar-refractivity contribution in [3.63, 3.8) is 0 Å². The van der Waals surface area contributed by atoms with Crippen molar-refractivity contribution in [3.8, 4) is 0 Å². The summed E-state index contributed by atoms with van der Waals surface area (Å²) >= 11 is 0. The van der Waals surface area contributed by atoms with E-state index in [0.29, 0.717) is 12.1 Å². The largest absolute Gasteiger partial charge is 0.395 e. The molecule has 2 heteroatoms. The lowest BCUT2D eigenvalue weighted by Gasteiger charge is -2.45. The average molecular weight is 861 g/mol. The third-order valence-corrected chi connectivity index (χ3v) is 14.9. The molecule has 0 aromatic carbocycles. The Hall–Kier alpha value is -0.0800. The summed E-state index contributed by atoms with van der Waals surface area (Å²) in [5, 5.41) is 10.2. The Labute approximate surface area is 388 Å². The van der Waals surface area contributed by atoms with E-state index in [-0.39, 0.29) is 0 Å². The van der Waals surface area contributed by atoms with E-state index in [2.05, 4.69) is 32.6 Å². The molecule has 1 N–H and O–H groups in total. The summed E-state index contributed by atoms with van der Waals surface area (Å²) in [6.07, 6.45) is 73.4. The van der Waals surface area contributed by atoms with E-state index in [4.69, 9.17) is 0 Å². The molecule has 0 rings (SSSR count). The van der Waals surface area contributed by atoms with Crippen LogP contribution >= 0.6 is 0 Å². The quantitative estimate of drug-likeness (QED) is 0.0616. The van der Waals surface area contributed by atoms with Crippen LogP contribution in [0.15, 0.2) is 0 Å². The standard InChI is InChI=1S/C59H121NO/c1-5-9-12-15-18-21-24-27-30-33-36-39-42-45-48-51-54-59(60(8-4)57-58-61,55-52-49-46-43-40-37-34-31-28-25-22-19-16-13-10-6-2)56-53-50-47-44-41-38-35-32-29-26-23-20-17-14-11-7-3/h61H,5-58H2,1-4H3. The molecule has 0 amide bonds. The van der Waals surface area contributed by atoms with E-state index in [1.165, 1.54) is 327 Å². The van der Waals surface area contributed by atoms with E-state index in [1.807, 2.05) is 0 Å².